The number of methoxy groups -OCH3 is 3. The minimum atomic E-state index is 0. The van der Waals surface area contributed by atoms with Gasteiger partial charge >= 0.3 is 0 Å². The van der Waals surface area contributed by atoms with Crippen LogP contribution in [0.2, 0.25) is 0 Å². The maximum Gasteiger partial charge on any atom is 0.161 e. The van der Waals surface area contributed by atoms with Gasteiger partial charge in [0.05, 0.1) is 21.3 Å². The molecule has 0 amide bonds. The van der Waals surface area contributed by atoms with Gasteiger partial charge in [-0.25, -0.2) is 0 Å². The van der Waals surface area contributed by atoms with E-state index in [1.165, 1.54) is 0 Å². The molecule has 0 spiro atoms. The van der Waals surface area contributed by atoms with Gasteiger partial charge in [0.2, 0.25) is 0 Å². The molecule has 4 rings (SSSR count). The van der Waals surface area contributed by atoms with E-state index in [9.17, 15) is 0 Å². The monoisotopic (exact) mass is 472 g/mol. The molecule has 0 fully saturated rings. The van der Waals surface area contributed by atoms with Crippen molar-refractivity contribution in [1.82, 2.24) is 9.97 Å². The zero-order valence-electron chi connectivity index (χ0n) is 18.4. The van der Waals surface area contributed by atoms with E-state index < -0.39 is 0 Å². The van der Waals surface area contributed by atoms with E-state index in [4.69, 9.17) is 14.2 Å². The van der Waals surface area contributed by atoms with E-state index in [1.807, 2.05) is 61.9 Å². The van der Waals surface area contributed by atoms with Gasteiger partial charge in [-0.1, -0.05) is 12.1 Å². The third kappa shape index (κ3) is 5.06. The quantitative estimate of drug-likeness (QED) is 0.341. The molecule has 2 aromatic heterocycles. The number of rotatable bonds is 6. The van der Waals surface area contributed by atoms with Crippen molar-refractivity contribution in [2.24, 2.45) is 0 Å². The first-order chi connectivity index (χ1) is 14.6. The molecule has 0 aliphatic rings. The highest BCUT2D eigenvalue weighted by atomic mass is 35.5. The van der Waals surface area contributed by atoms with Gasteiger partial charge in [-0.05, 0) is 59.3 Å². The first kappa shape index (κ1) is 25.2. The summed E-state index contributed by atoms with van der Waals surface area (Å²) in [6.45, 7) is 2.00. The van der Waals surface area contributed by atoms with Gasteiger partial charge in [0.15, 0.2) is 11.5 Å². The van der Waals surface area contributed by atoms with E-state index in [0.717, 1.165) is 50.9 Å². The lowest BCUT2D eigenvalue weighted by atomic mass is 9.98. The Balaban J connectivity index is 0.00000181. The summed E-state index contributed by atoms with van der Waals surface area (Å²) in [7, 11) is 4.97. The topological polar surface area (TPSA) is 53.5 Å². The predicted molar refractivity (Wildman–Crippen MR) is 133 cm³/mol. The number of hydrogen-bond donors (Lipinski definition) is 0. The third-order valence-electron chi connectivity index (χ3n) is 5.29. The average Bonchev–Trinajstić information content (AvgIpc) is 2.80. The second-order valence-corrected chi connectivity index (χ2v) is 7.11. The highest BCUT2D eigenvalue weighted by Gasteiger charge is 2.12. The molecular formula is C25H26Cl2N2O3. The molecule has 0 N–H and O–H groups in total. The number of hydrogen-bond acceptors (Lipinski definition) is 5. The Hall–Kier alpha value is -3.02. The Morgan fingerprint density at radius 1 is 0.719 bits per heavy atom. The van der Waals surface area contributed by atoms with Gasteiger partial charge in [-0.15, -0.1) is 24.8 Å². The number of fused-ring (bicyclic) bond motifs is 1. The second-order valence-electron chi connectivity index (χ2n) is 7.11. The molecule has 0 aliphatic heterocycles. The number of aromatic nitrogens is 2. The number of benzene rings is 2. The number of nitrogens with zero attached hydrogens (tertiary/aromatic N) is 2. The predicted octanol–water partition coefficient (Wildman–Crippen LogP) is 6.07. The van der Waals surface area contributed by atoms with Gasteiger partial charge in [0.1, 0.15) is 5.75 Å². The fourth-order valence-electron chi connectivity index (χ4n) is 3.64. The van der Waals surface area contributed by atoms with Gasteiger partial charge in [0.25, 0.3) is 0 Å². The minimum Gasteiger partial charge on any atom is -0.497 e. The largest absolute Gasteiger partial charge is 0.497 e. The molecule has 168 valence electrons. The molecule has 0 radical (unpaired) electrons. The lowest BCUT2D eigenvalue weighted by Crippen LogP contribution is -1.98. The highest BCUT2D eigenvalue weighted by molar-refractivity contribution is 5.90. The van der Waals surface area contributed by atoms with Gasteiger partial charge < -0.3 is 14.2 Å². The third-order valence-corrected chi connectivity index (χ3v) is 5.29. The smallest absolute Gasteiger partial charge is 0.161 e. The summed E-state index contributed by atoms with van der Waals surface area (Å²) >= 11 is 0. The average molecular weight is 473 g/mol. The van der Waals surface area contributed by atoms with E-state index in [2.05, 4.69) is 16.0 Å². The Morgan fingerprint density at radius 2 is 1.38 bits per heavy atom. The Labute approximate surface area is 200 Å². The first-order valence-corrected chi connectivity index (χ1v) is 9.71. The number of pyridine rings is 2. The summed E-state index contributed by atoms with van der Waals surface area (Å²) < 4.78 is 16.2. The van der Waals surface area contributed by atoms with Gasteiger partial charge in [0, 0.05) is 41.7 Å². The van der Waals surface area contributed by atoms with Crippen molar-refractivity contribution in [2.45, 2.75) is 13.3 Å². The molecule has 7 heteroatoms. The van der Waals surface area contributed by atoms with E-state index >= 15 is 0 Å². The number of halogens is 2. The number of aryl methyl sites for hydroxylation is 1. The first-order valence-electron chi connectivity index (χ1n) is 9.71. The van der Waals surface area contributed by atoms with Crippen molar-refractivity contribution >= 4 is 35.6 Å². The number of ether oxygens (including phenoxy) is 3. The molecule has 4 aromatic rings. The summed E-state index contributed by atoms with van der Waals surface area (Å²) in [5.41, 5.74) is 5.36. The molecule has 2 heterocycles. The molecule has 0 aliphatic carbocycles. The van der Waals surface area contributed by atoms with E-state index in [0.29, 0.717) is 11.5 Å². The molecule has 0 unspecified atom stereocenters. The van der Waals surface area contributed by atoms with E-state index in [1.54, 1.807) is 21.3 Å². The van der Waals surface area contributed by atoms with Crippen LogP contribution in [-0.2, 0) is 6.42 Å². The van der Waals surface area contributed by atoms with Crippen molar-refractivity contribution in [3.8, 4) is 28.4 Å². The summed E-state index contributed by atoms with van der Waals surface area (Å²) in [6, 6.07) is 14.2. The van der Waals surface area contributed by atoms with Crippen molar-refractivity contribution < 1.29 is 14.2 Å². The van der Waals surface area contributed by atoms with Crippen LogP contribution in [0, 0.1) is 6.92 Å². The fraction of sp³-hybridized carbons (Fsp3) is 0.200. The molecule has 2 aromatic carbocycles. The summed E-state index contributed by atoms with van der Waals surface area (Å²) in [5.74, 6) is 2.25. The molecule has 32 heavy (non-hydrogen) atoms. The van der Waals surface area contributed by atoms with Crippen molar-refractivity contribution in [3.63, 3.8) is 0 Å². The van der Waals surface area contributed by atoms with Crippen LogP contribution in [0.15, 0.2) is 61.1 Å². The minimum absolute atomic E-state index is 0. The van der Waals surface area contributed by atoms with E-state index in [-0.39, 0.29) is 24.8 Å². The molecule has 0 saturated carbocycles. The van der Waals surface area contributed by atoms with Crippen LogP contribution in [0.5, 0.6) is 17.2 Å². The molecule has 5 nitrogen and oxygen atoms in total. The molecule has 0 atom stereocenters. The zero-order valence-corrected chi connectivity index (χ0v) is 20.0. The van der Waals surface area contributed by atoms with Crippen LogP contribution < -0.4 is 14.2 Å². The molecule has 0 saturated heterocycles. The maximum atomic E-state index is 5.52. The van der Waals surface area contributed by atoms with Crippen LogP contribution in [0.3, 0.4) is 0 Å². The molecule has 0 bridgehead atoms. The Bertz CT molecular complexity index is 1200. The zero-order chi connectivity index (χ0) is 21.1. The van der Waals surface area contributed by atoms with Crippen LogP contribution in [0.25, 0.3) is 21.9 Å². The summed E-state index contributed by atoms with van der Waals surface area (Å²) in [4.78, 5) is 9.07. The Morgan fingerprint density at radius 3 is 2.00 bits per heavy atom. The van der Waals surface area contributed by atoms with Crippen LogP contribution in [0.1, 0.15) is 16.8 Å². The van der Waals surface area contributed by atoms with Crippen molar-refractivity contribution in [2.75, 3.05) is 21.3 Å². The molecular weight excluding hydrogens is 447 g/mol. The van der Waals surface area contributed by atoms with Crippen LogP contribution >= 0.6 is 24.8 Å². The standard InChI is InChI=1S/C25H24N2O3.2ClH/c1-16-22-11-24(29-3)25(30-4)12-23(22)20(15-27-16)10-17-9-19(14-26-13-17)18-5-7-21(28-2)8-6-18;;/h5-9,11-15H,10H2,1-4H3;2*1H. The normalized spacial score (nSPS) is 10.1. The summed E-state index contributed by atoms with van der Waals surface area (Å²) in [5, 5.41) is 2.17. The SMILES string of the molecule is COc1ccc(-c2cncc(Cc3cnc(C)c4cc(OC)c(OC)cc34)c2)cc1.Cl.Cl. The lowest BCUT2D eigenvalue weighted by molar-refractivity contribution is 0.356. The second kappa shape index (κ2) is 11.0. The lowest BCUT2D eigenvalue weighted by Gasteiger charge is -2.14. The highest BCUT2D eigenvalue weighted by Crippen LogP contribution is 2.35. The van der Waals surface area contributed by atoms with Gasteiger partial charge in [-0.2, -0.15) is 0 Å². The van der Waals surface area contributed by atoms with Gasteiger partial charge in [-0.3, -0.25) is 9.97 Å². The van der Waals surface area contributed by atoms with Crippen molar-refractivity contribution in [1.29, 1.82) is 0 Å². The van der Waals surface area contributed by atoms with Crippen LogP contribution in [0.4, 0.5) is 0 Å². The van der Waals surface area contributed by atoms with Crippen molar-refractivity contribution in [3.05, 3.63) is 77.9 Å². The fourth-order valence-corrected chi connectivity index (χ4v) is 3.64. The summed E-state index contributed by atoms with van der Waals surface area (Å²) in [6.07, 6.45) is 6.43. The Kier molecular flexibility index (Phi) is 8.70. The maximum absolute atomic E-state index is 5.52. The van der Waals surface area contributed by atoms with Crippen LogP contribution in [-0.4, -0.2) is 31.3 Å².